The van der Waals surface area contributed by atoms with Gasteiger partial charge < -0.3 is 10.0 Å². The third kappa shape index (κ3) is 3.72. The molecule has 0 saturated carbocycles. The van der Waals surface area contributed by atoms with Crippen LogP contribution in [0.4, 0.5) is 0 Å². The normalized spacial score (nSPS) is 28.9. The van der Waals surface area contributed by atoms with Gasteiger partial charge in [0.05, 0.1) is 12.5 Å². The van der Waals surface area contributed by atoms with Gasteiger partial charge in [-0.25, -0.2) is 0 Å². The number of likely N-dealkylation sites (tertiary alicyclic amines) is 2. The number of carboxylic acids is 1. The predicted octanol–water partition coefficient (Wildman–Crippen LogP) is 1.57. The van der Waals surface area contributed by atoms with Crippen LogP contribution in [0, 0.1) is 5.92 Å². The first kappa shape index (κ1) is 15.3. The molecule has 0 aliphatic carbocycles. The number of hydrogen-bond donors (Lipinski definition) is 1. The quantitative estimate of drug-likeness (QED) is 0.853. The number of aliphatic carboxylic acids is 1. The minimum atomic E-state index is -0.737. The van der Waals surface area contributed by atoms with Crippen LogP contribution < -0.4 is 0 Å². The summed E-state index contributed by atoms with van der Waals surface area (Å²) >= 11 is 0. The van der Waals surface area contributed by atoms with Gasteiger partial charge in [0, 0.05) is 19.1 Å². The van der Waals surface area contributed by atoms with Crippen LogP contribution in [0.1, 0.15) is 45.4 Å². The molecule has 2 fully saturated rings. The first-order valence-electron chi connectivity index (χ1n) is 7.84. The van der Waals surface area contributed by atoms with Crippen LogP contribution in [0.5, 0.6) is 0 Å². The molecule has 2 rings (SSSR count). The lowest BCUT2D eigenvalue weighted by Gasteiger charge is -2.29. The molecule has 2 atom stereocenters. The molecular weight excluding hydrogens is 256 g/mol. The number of carboxylic acid groups (broad SMARTS) is 1. The molecular formula is C15H26N2O3. The molecule has 2 unspecified atom stereocenters. The van der Waals surface area contributed by atoms with E-state index in [-0.39, 0.29) is 17.9 Å². The molecule has 2 aliphatic rings. The lowest BCUT2D eigenvalue weighted by Crippen LogP contribution is -2.44. The summed E-state index contributed by atoms with van der Waals surface area (Å²) in [5.41, 5.74) is 0. The molecule has 0 radical (unpaired) electrons. The molecule has 2 saturated heterocycles. The van der Waals surface area contributed by atoms with E-state index < -0.39 is 5.97 Å². The van der Waals surface area contributed by atoms with Crippen molar-refractivity contribution in [2.75, 3.05) is 26.2 Å². The van der Waals surface area contributed by atoms with Gasteiger partial charge in [-0.3, -0.25) is 14.5 Å². The third-order valence-corrected chi connectivity index (χ3v) is 4.75. The van der Waals surface area contributed by atoms with Crippen molar-refractivity contribution in [3.05, 3.63) is 0 Å². The summed E-state index contributed by atoms with van der Waals surface area (Å²) in [5.74, 6) is -0.890. The number of carbonyl (C=O) groups is 2. The van der Waals surface area contributed by atoms with Crippen molar-refractivity contribution >= 4 is 11.9 Å². The van der Waals surface area contributed by atoms with Crippen LogP contribution in [0.2, 0.25) is 0 Å². The van der Waals surface area contributed by atoms with Crippen molar-refractivity contribution in [1.29, 1.82) is 0 Å². The summed E-state index contributed by atoms with van der Waals surface area (Å²) in [6, 6.07) is -0.0359. The average molecular weight is 282 g/mol. The lowest BCUT2D eigenvalue weighted by molar-refractivity contribution is -0.143. The zero-order chi connectivity index (χ0) is 14.5. The van der Waals surface area contributed by atoms with Crippen LogP contribution in [0.3, 0.4) is 0 Å². The molecule has 0 aromatic carbocycles. The average Bonchev–Trinajstić information content (AvgIpc) is 2.70. The highest BCUT2D eigenvalue weighted by atomic mass is 16.4. The topological polar surface area (TPSA) is 60.9 Å². The Hall–Kier alpha value is -1.10. The van der Waals surface area contributed by atoms with Crippen molar-refractivity contribution in [3.63, 3.8) is 0 Å². The van der Waals surface area contributed by atoms with E-state index in [1.165, 1.54) is 19.3 Å². The van der Waals surface area contributed by atoms with Crippen molar-refractivity contribution in [2.45, 2.75) is 51.5 Å². The van der Waals surface area contributed by atoms with Gasteiger partial charge in [-0.2, -0.15) is 0 Å². The maximum Gasteiger partial charge on any atom is 0.308 e. The van der Waals surface area contributed by atoms with Gasteiger partial charge >= 0.3 is 5.97 Å². The summed E-state index contributed by atoms with van der Waals surface area (Å²) in [7, 11) is 0. The van der Waals surface area contributed by atoms with E-state index in [9.17, 15) is 9.59 Å². The van der Waals surface area contributed by atoms with Gasteiger partial charge in [0.1, 0.15) is 0 Å². The molecule has 0 aromatic heterocycles. The number of amides is 1. The van der Waals surface area contributed by atoms with E-state index in [0.29, 0.717) is 13.0 Å². The molecule has 2 heterocycles. The van der Waals surface area contributed by atoms with E-state index in [2.05, 4.69) is 0 Å². The molecule has 0 spiro atoms. The van der Waals surface area contributed by atoms with Crippen molar-refractivity contribution in [3.8, 4) is 0 Å². The van der Waals surface area contributed by atoms with Crippen molar-refractivity contribution in [1.82, 2.24) is 9.80 Å². The summed E-state index contributed by atoms with van der Waals surface area (Å²) < 4.78 is 0. The highest BCUT2D eigenvalue weighted by molar-refractivity contribution is 5.78. The third-order valence-electron chi connectivity index (χ3n) is 4.75. The van der Waals surface area contributed by atoms with Crippen LogP contribution in [0.25, 0.3) is 0 Å². The Morgan fingerprint density at radius 1 is 1.05 bits per heavy atom. The highest BCUT2D eigenvalue weighted by Gasteiger charge is 2.36. The monoisotopic (exact) mass is 282 g/mol. The maximum absolute atomic E-state index is 12.4. The second kappa shape index (κ2) is 7.07. The molecule has 114 valence electrons. The summed E-state index contributed by atoms with van der Waals surface area (Å²) in [6.07, 6.45) is 6.56. The lowest BCUT2D eigenvalue weighted by atomic mass is 10.0. The fraction of sp³-hybridized carbons (Fsp3) is 0.867. The molecule has 5 nitrogen and oxygen atoms in total. The first-order chi connectivity index (χ1) is 9.59. The van der Waals surface area contributed by atoms with Crippen LogP contribution >= 0.6 is 0 Å². The van der Waals surface area contributed by atoms with Crippen LogP contribution in [0.15, 0.2) is 0 Å². The van der Waals surface area contributed by atoms with E-state index in [1.54, 1.807) is 0 Å². The summed E-state index contributed by atoms with van der Waals surface area (Å²) in [5, 5.41) is 9.13. The van der Waals surface area contributed by atoms with Gasteiger partial charge in [-0.15, -0.1) is 0 Å². The number of rotatable bonds is 3. The van der Waals surface area contributed by atoms with E-state index in [0.717, 1.165) is 32.5 Å². The predicted molar refractivity (Wildman–Crippen MR) is 76.4 cm³/mol. The standard InChI is InChI=1S/C15H26N2O3/c1-12-13(15(19)20)7-10-17(12)11-14(18)16-8-5-3-2-4-6-9-16/h12-13H,2-11H2,1H3,(H,19,20). The Labute approximate surface area is 120 Å². The largest absolute Gasteiger partial charge is 0.481 e. The zero-order valence-corrected chi connectivity index (χ0v) is 12.4. The summed E-state index contributed by atoms with van der Waals surface area (Å²) in [4.78, 5) is 27.5. The van der Waals surface area contributed by atoms with E-state index in [1.807, 2.05) is 16.7 Å². The Morgan fingerprint density at radius 2 is 1.65 bits per heavy atom. The molecule has 5 heteroatoms. The zero-order valence-electron chi connectivity index (χ0n) is 12.4. The summed E-state index contributed by atoms with van der Waals surface area (Å²) in [6.45, 7) is 4.75. The Balaban J connectivity index is 1.86. The molecule has 0 bridgehead atoms. The van der Waals surface area contributed by atoms with Crippen molar-refractivity contribution in [2.24, 2.45) is 5.92 Å². The number of hydrogen-bond acceptors (Lipinski definition) is 3. The molecule has 1 amide bonds. The first-order valence-corrected chi connectivity index (χ1v) is 7.84. The second-order valence-electron chi connectivity index (χ2n) is 6.09. The van der Waals surface area contributed by atoms with Crippen molar-refractivity contribution < 1.29 is 14.7 Å². The SMILES string of the molecule is CC1C(C(=O)O)CCN1CC(=O)N1CCCCCCC1. The minimum Gasteiger partial charge on any atom is -0.481 e. The van der Waals surface area contributed by atoms with E-state index in [4.69, 9.17) is 5.11 Å². The Bertz CT molecular complexity index is 351. The molecule has 1 N–H and O–H groups in total. The van der Waals surface area contributed by atoms with Crippen LogP contribution in [-0.4, -0.2) is 59.0 Å². The molecule has 20 heavy (non-hydrogen) atoms. The number of nitrogens with zero attached hydrogens (tertiary/aromatic N) is 2. The van der Waals surface area contributed by atoms with Gasteiger partial charge in [0.15, 0.2) is 0 Å². The Morgan fingerprint density at radius 3 is 2.20 bits per heavy atom. The molecule has 0 aromatic rings. The highest BCUT2D eigenvalue weighted by Crippen LogP contribution is 2.24. The van der Waals surface area contributed by atoms with Gasteiger partial charge in [0.2, 0.25) is 5.91 Å². The smallest absolute Gasteiger partial charge is 0.308 e. The van der Waals surface area contributed by atoms with Gasteiger partial charge in [-0.05, 0) is 32.7 Å². The molecule has 2 aliphatic heterocycles. The van der Waals surface area contributed by atoms with Gasteiger partial charge in [0.25, 0.3) is 0 Å². The van der Waals surface area contributed by atoms with Crippen LogP contribution in [-0.2, 0) is 9.59 Å². The minimum absolute atomic E-state index is 0.0359. The Kier molecular flexibility index (Phi) is 5.40. The maximum atomic E-state index is 12.4. The second-order valence-corrected chi connectivity index (χ2v) is 6.09. The number of carbonyl (C=O) groups excluding carboxylic acids is 1. The van der Waals surface area contributed by atoms with E-state index >= 15 is 0 Å². The van der Waals surface area contributed by atoms with Gasteiger partial charge in [-0.1, -0.05) is 19.3 Å². The fourth-order valence-corrected chi connectivity index (χ4v) is 3.33. The fourth-order valence-electron chi connectivity index (χ4n) is 3.33.